The van der Waals surface area contributed by atoms with Crippen molar-refractivity contribution in [3.63, 3.8) is 0 Å². The van der Waals surface area contributed by atoms with Crippen LogP contribution in [-0.2, 0) is 19.1 Å². The zero-order chi connectivity index (χ0) is 26.1. The number of anilines is 2. The standard InChI is InChI=1S/C28H19FN2O6/c1-14(32)30-17-10-12-18(13-11-17)31-26(35)21-22(27(31)36)28(37-23(21)15-6-8-16(29)9-7-15)24(33)19-4-2-3-5-20(19)25(28)34/h2-13,21-23H,1H3,(H,30,32)/t21-,22-,23+/m0/s1. The average molecular weight is 498 g/mol. The third-order valence-electron chi connectivity index (χ3n) is 7.16. The zero-order valence-electron chi connectivity index (χ0n) is 19.4. The van der Waals surface area contributed by atoms with Crippen LogP contribution in [0.4, 0.5) is 15.8 Å². The number of nitrogens with one attached hydrogen (secondary N) is 1. The van der Waals surface area contributed by atoms with Gasteiger partial charge in [-0.05, 0) is 42.0 Å². The van der Waals surface area contributed by atoms with Gasteiger partial charge in [-0.2, -0.15) is 0 Å². The van der Waals surface area contributed by atoms with Crippen molar-refractivity contribution >= 4 is 40.7 Å². The molecule has 184 valence electrons. The number of amides is 3. The molecule has 6 rings (SSSR count). The van der Waals surface area contributed by atoms with Crippen LogP contribution in [0.3, 0.4) is 0 Å². The first kappa shape index (κ1) is 22.9. The van der Waals surface area contributed by atoms with Crippen molar-refractivity contribution in [2.45, 2.75) is 18.6 Å². The number of nitrogens with zero attached hydrogens (tertiary/aromatic N) is 1. The third-order valence-corrected chi connectivity index (χ3v) is 7.16. The van der Waals surface area contributed by atoms with E-state index in [1.807, 2.05) is 0 Å². The number of ketones is 2. The third kappa shape index (κ3) is 3.14. The fraction of sp³-hybridized carbons (Fsp3) is 0.179. The molecule has 2 aliphatic heterocycles. The molecule has 9 heteroatoms. The number of Topliss-reactive ketones (excluding diaryl/α,β-unsaturated/α-hetero) is 2. The number of imide groups is 1. The zero-order valence-corrected chi connectivity index (χ0v) is 19.4. The molecule has 0 aromatic heterocycles. The van der Waals surface area contributed by atoms with E-state index in [1.54, 1.807) is 12.1 Å². The number of carbonyl (C=O) groups is 5. The quantitative estimate of drug-likeness (QED) is 0.438. The molecule has 1 N–H and O–H groups in total. The number of benzene rings is 3. The fourth-order valence-electron chi connectivity index (χ4n) is 5.62. The molecule has 37 heavy (non-hydrogen) atoms. The van der Waals surface area contributed by atoms with Gasteiger partial charge in [-0.15, -0.1) is 0 Å². The number of fused-ring (bicyclic) bond motifs is 3. The molecule has 1 aliphatic carbocycles. The van der Waals surface area contributed by atoms with Crippen LogP contribution in [0.5, 0.6) is 0 Å². The van der Waals surface area contributed by atoms with Crippen LogP contribution < -0.4 is 10.2 Å². The normalized spacial score (nSPS) is 23.5. The molecule has 3 atom stereocenters. The van der Waals surface area contributed by atoms with Crippen LogP contribution >= 0.6 is 0 Å². The summed E-state index contributed by atoms with van der Waals surface area (Å²) in [7, 11) is 0. The van der Waals surface area contributed by atoms with E-state index in [-0.39, 0.29) is 22.7 Å². The maximum Gasteiger partial charge on any atom is 0.241 e. The molecular weight excluding hydrogens is 479 g/mol. The van der Waals surface area contributed by atoms with Crippen molar-refractivity contribution in [3.05, 3.63) is 95.3 Å². The summed E-state index contributed by atoms with van der Waals surface area (Å²) in [6, 6.07) is 17.5. The summed E-state index contributed by atoms with van der Waals surface area (Å²) in [4.78, 5) is 67.4. The summed E-state index contributed by atoms with van der Waals surface area (Å²) in [5.41, 5.74) is -0.883. The summed E-state index contributed by atoms with van der Waals surface area (Å²) in [5, 5.41) is 2.61. The van der Waals surface area contributed by atoms with E-state index in [0.717, 1.165) is 4.90 Å². The lowest BCUT2D eigenvalue weighted by Crippen LogP contribution is -2.51. The second-order valence-electron chi connectivity index (χ2n) is 9.27. The van der Waals surface area contributed by atoms with E-state index in [9.17, 15) is 28.4 Å². The highest BCUT2D eigenvalue weighted by Crippen LogP contribution is 2.57. The molecule has 0 radical (unpaired) electrons. The number of halogens is 1. The van der Waals surface area contributed by atoms with Gasteiger partial charge in [0, 0.05) is 23.7 Å². The SMILES string of the molecule is CC(=O)Nc1ccc(N2C(=O)[C@@H]3[C@@H](c4ccc(F)cc4)OC4(C(=O)c5ccccc5C4=O)[C@@H]3C2=O)cc1. The monoisotopic (exact) mass is 498 g/mol. The van der Waals surface area contributed by atoms with E-state index in [4.69, 9.17) is 4.74 Å². The topological polar surface area (TPSA) is 110 Å². The van der Waals surface area contributed by atoms with Crippen LogP contribution in [0, 0.1) is 17.7 Å². The average Bonchev–Trinajstić information content (AvgIpc) is 3.45. The predicted octanol–water partition coefficient (Wildman–Crippen LogP) is 3.48. The van der Waals surface area contributed by atoms with Gasteiger partial charge >= 0.3 is 0 Å². The lowest BCUT2D eigenvalue weighted by Gasteiger charge is -2.27. The molecule has 0 saturated carbocycles. The highest BCUT2D eigenvalue weighted by molar-refractivity contribution is 6.37. The molecule has 8 nitrogen and oxygen atoms in total. The Morgan fingerprint density at radius 2 is 1.46 bits per heavy atom. The van der Waals surface area contributed by atoms with Crippen LogP contribution in [0.25, 0.3) is 0 Å². The molecule has 0 bridgehead atoms. The Balaban J connectivity index is 1.48. The minimum absolute atomic E-state index is 0.129. The van der Waals surface area contributed by atoms with Gasteiger partial charge in [0.2, 0.25) is 34.9 Å². The van der Waals surface area contributed by atoms with Crippen molar-refractivity contribution in [3.8, 4) is 0 Å². The minimum Gasteiger partial charge on any atom is -0.349 e. The first-order valence-electron chi connectivity index (χ1n) is 11.6. The van der Waals surface area contributed by atoms with Crippen molar-refractivity contribution in [1.82, 2.24) is 0 Å². The van der Waals surface area contributed by atoms with Gasteiger partial charge in [-0.1, -0.05) is 36.4 Å². The van der Waals surface area contributed by atoms with Gasteiger partial charge in [0.05, 0.1) is 23.6 Å². The van der Waals surface area contributed by atoms with Gasteiger partial charge in [0.1, 0.15) is 5.82 Å². The van der Waals surface area contributed by atoms with E-state index < -0.39 is 52.7 Å². The number of rotatable bonds is 3. The van der Waals surface area contributed by atoms with Crippen molar-refractivity contribution in [2.75, 3.05) is 10.2 Å². The first-order chi connectivity index (χ1) is 17.7. The molecule has 1 spiro atoms. The number of carbonyl (C=O) groups excluding carboxylic acids is 5. The van der Waals surface area contributed by atoms with Crippen LogP contribution in [0.2, 0.25) is 0 Å². The second-order valence-corrected chi connectivity index (χ2v) is 9.27. The second kappa shape index (κ2) is 8.01. The molecule has 3 aliphatic rings. The Bertz CT molecular complexity index is 1480. The molecule has 3 aromatic carbocycles. The smallest absolute Gasteiger partial charge is 0.241 e. The Morgan fingerprint density at radius 3 is 2.03 bits per heavy atom. The summed E-state index contributed by atoms with van der Waals surface area (Å²) < 4.78 is 19.8. The van der Waals surface area contributed by atoms with Gasteiger partial charge in [0.15, 0.2) is 0 Å². The molecular formula is C28H19FN2O6. The largest absolute Gasteiger partial charge is 0.349 e. The summed E-state index contributed by atoms with van der Waals surface area (Å²) >= 11 is 0. The van der Waals surface area contributed by atoms with Crippen molar-refractivity contribution < 1.29 is 33.1 Å². The Kier molecular flexibility index (Phi) is 4.96. The lowest BCUT2D eigenvalue weighted by molar-refractivity contribution is -0.127. The number of ether oxygens (including phenoxy) is 1. The van der Waals surface area contributed by atoms with E-state index in [0.29, 0.717) is 11.3 Å². The van der Waals surface area contributed by atoms with Gasteiger partial charge in [-0.25, -0.2) is 9.29 Å². The number of hydrogen-bond donors (Lipinski definition) is 1. The van der Waals surface area contributed by atoms with Crippen molar-refractivity contribution in [1.29, 1.82) is 0 Å². The minimum atomic E-state index is -2.20. The highest BCUT2D eigenvalue weighted by atomic mass is 19.1. The maximum absolute atomic E-state index is 13.9. The van der Waals surface area contributed by atoms with Gasteiger partial charge in [0.25, 0.3) is 0 Å². The van der Waals surface area contributed by atoms with Gasteiger partial charge in [-0.3, -0.25) is 24.0 Å². The molecule has 3 aromatic rings. The summed E-state index contributed by atoms with van der Waals surface area (Å²) in [6.07, 6.45) is -1.13. The Morgan fingerprint density at radius 1 is 0.865 bits per heavy atom. The summed E-state index contributed by atoms with van der Waals surface area (Å²) in [5.74, 6) is -6.09. The van der Waals surface area contributed by atoms with Crippen LogP contribution in [0.15, 0.2) is 72.8 Å². The Labute approximate surface area is 210 Å². The molecule has 2 fully saturated rings. The van der Waals surface area contributed by atoms with E-state index in [1.165, 1.54) is 67.6 Å². The fourth-order valence-corrected chi connectivity index (χ4v) is 5.62. The summed E-state index contributed by atoms with van der Waals surface area (Å²) in [6.45, 7) is 1.35. The first-order valence-corrected chi connectivity index (χ1v) is 11.6. The van der Waals surface area contributed by atoms with Gasteiger partial charge < -0.3 is 10.1 Å². The maximum atomic E-state index is 13.9. The van der Waals surface area contributed by atoms with Crippen LogP contribution in [-0.4, -0.2) is 34.9 Å². The molecule has 2 saturated heterocycles. The number of hydrogen-bond acceptors (Lipinski definition) is 6. The highest BCUT2D eigenvalue weighted by Gasteiger charge is 2.74. The van der Waals surface area contributed by atoms with E-state index >= 15 is 0 Å². The Hall–Kier alpha value is -4.50. The molecule has 0 unspecified atom stereocenters. The molecule has 2 heterocycles. The van der Waals surface area contributed by atoms with Crippen LogP contribution in [0.1, 0.15) is 39.3 Å². The predicted molar refractivity (Wildman–Crippen MR) is 128 cm³/mol. The van der Waals surface area contributed by atoms with E-state index in [2.05, 4.69) is 5.32 Å². The van der Waals surface area contributed by atoms with Crippen molar-refractivity contribution in [2.24, 2.45) is 11.8 Å². The lowest BCUT2D eigenvalue weighted by atomic mass is 9.77. The molecule has 3 amide bonds.